The Morgan fingerprint density at radius 2 is 2.00 bits per heavy atom. The van der Waals surface area contributed by atoms with Crippen molar-refractivity contribution < 1.29 is 9.47 Å². The van der Waals surface area contributed by atoms with Gasteiger partial charge in [0.25, 0.3) is 0 Å². The molecule has 0 aliphatic carbocycles. The van der Waals surface area contributed by atoms with Crippen molar-refractivity contribution in [3.8, 4) is 11.5 Å². The monoisotopic (exact) mass is 330 g/mol. The van der Waals surface area contributed by atoms with E-state index in [2.05, 4.69) is 29.9 Å². The van der Waals surface area contributed by atoms with Gasteiger partial charge >= 0.3 is 0 Å². The minimum Gasteiger partial charge on any atom is -0.497 e. The third-order valence-electron chi connectivity index (χ3n) is 5.05. The lowest BCUT2D eigenvalue weighted by molar-refractivity contribution is 0.207. The van der Waals surface area contributed by atoms with Crippen LogP contribution in [0.4, 0.5) is 0 Å². The van der Waals surface area contributed by atoms with E-state index in [1.807, 2.05) is 17.8 Å². The second-order valence-electron chi connectivity index (χ2n) is 6.33. The van der Waals surface area contributed by atoms with Crippen molar-refractivity contribution in [1.82, 2.24) is 14.7 Å². The molecule has 1 atom stereocenters. The molecule has 0 bridgehead atoms. The highest BCUT2D eigenvalue weighted by Gasteiger charge is 2.33. The molecule has 0 spiro atoms. The number of rotatable bonds is 5. The molecular formula is C18H26N4O2. The van der Waals surface area contributed by atoms with Crippen LogP contribution in [0.1, 0.15) is 34.1 Å². The number of methoxy groups -OCH3 is 2. The van der Waals surface area contributed by atoms with Crippen molar-refractivity contribution in [3.63, 3.8) is 0 Å². The van der Waals surface area contributed by atoms with Crippen molar-refractivity contribution >= 4 is 0 Å². The molecule has 24 heavy (non-hydrogen) atoms. The maximum atomic E-state index is 6.12. The van der Waals surface area contributed by atoms with Crippen LogP contribution in [0.3, 0.4) is 0 Å². The minimum absolute atomic E-state index is 0.139. The summed E-state index contributed by atoms with van der Waals surface area (Å²) in [5, 5.41) is 4.53. The Bertz CT molecular complexity index is 754. The predicted octanol–water partition coefficient (Wildman–Crippen LogP) is 2.07. The Labute approximate surface area is 143 Å². The van der Waals surface area contributed by atoms with E-state index in [0.29, 0.717) is 6.54 Å². The van der Waals surface area contributed by atoms with Gasteiger partial charge in [-0.1, -0.05) is 0 Å². The fraction of sp³-hybridized carbons (Fsp3) is 0.500. The summed E-state index contributed by atoms with van der Waals surface area (Å²) in [5.74, 6) is 1.67. The van der Waals surface area contributed by atoms with Gasteiger partial charge in [0.2, 0.25) is 0 Å². The number of nitrogens with two attached hydrogens (primary N) is 1. The van der Waals surface area contributed by atoms with Crippen molar-refractivity contribution in [1.29, 1.82) is 0 Å². The van der Waals surface area contributed by atoms with Crippen molar-refractivity contribution in [2.45, 2.75) is 33.0 Å². The van der Waals surface area contributed by atoms with E-state index in [-0.39, 0.29) is 6.04 Å². The van der Waals surface area contributed by atoms with Gasteiger partial charge in [0.05, 0.1) is 26.0 Å². The van der Waals surface area contributed by atoms with E-state index in [9.17, 15) is 0 Å². The van der Waals surface area contributed by atoms with E-state index in [4.69, 9.17) is 15.2 Å². The fourth-order valence-corrected chi connectivity index (χ4v) is 3.65. The van der Waals surface area contributed by atoms with Crippen LogP contribution in [-0.4, -0.2) is 35.4 Å². The summed E-state index contributed by atoms with van der Waals surface area (Å²) >= 11 is 0. The quantitative estimate of drug-likeness (QED) is 0.909. The lowest BCUT2D eigenvalue weighted by atomic mass is 10.0. The first-order valence-electron chi connectivity index (χ1n) is 8.18. The van der Waals surface area contributed by atoms with Crippen molar-refractivity contribution in [2.24, 2.45) is 12.8 Å². The van der Waals surface area contributed by atoms with Gasteiger partial charge in [-0.15, -0.1) is 0 Å². The van der Waals surface area contributed by atoms with Crippen molar-refractivity contribution in [3.05, 3.63) is 40.2 Å². The summed E-state index contributed by atoms with van der Waals surface area (Å²) in [6.45, 7) is 6.38. The Balaban J connectivity index is 1.97. The molecule has 130 valence electrons. The summed E-state index contributed by atoms with van der Waals surface area (Å²) < 4.78 is 12.9. The molecule has 2 N–H and O–H groups in total. The standard InChI is InChI=1S/C18H26N4O2/c1-11-15(12(2)21(3)20-11)10-22-9-13-6-14(23-4)7-17(24-5)18(13)16(22)8-19/h6-7,16H,8-10,19H2,1-5H3. The van der Waals surface area contributed by atoms with E-state index in [1.54, 1.807) is 14.2 Å². The first kappa shape index (κ1) is 16.8. The number of fused-ring (bicyclic) bond motifs is 1. The molecule has 2 aromatic rings. The number of nitrogens with zero attached hydrogens (tertiary/aromatic N) is 3. The maximum absolute atomic E-state index is 6.12. The fourth-order valence-electron chi connectivity index (χ4n) is 3.65. The highest BCUT2D eigenvalue weighted by molar-refractivity contribution is 5.51. The van der Waals surface area contributed by atoms with Crippen LogP contribution in [-0.2, 0) is 20.1 Å². The summed E-state index contributed by atoms with van der Waals surface area (Å²) in [4.78, 5) is 2.39. The number of hydrogen-bond acceptors (Lipinski definition) is 5. The second kappa shape index (κ2) is 6.45. The predicted molar refractivity (Wildman–Crippen MR) is 93.3 cm³/mol. The summed E-state index contributed by atoms with van der Waals surface area (Å²) in [7, 11) is 5.36. The normalized spacial score (nSPS) is 17.2. The van der Waals surface area contributed by atoms with Gasteiger partial charge in [0, 0.05) is 49.6 Å². The van der Waals surface area contributed by atoms with Gasteiger partial charge in [0.15, 0.2) is 0 Å². The molecule has 3 rings (SSSR count). The maximum Gasteiger partial charge on any atom is 0.127 e. The van der Waals surface area contributed by atoms with E-state index >= 15 is 0 Å². The van der Waals surface area contributed by atoms with E-state index in [1.165, 1.54) is 22.4 Å². The Kier molecular flexibility index (Phi) is 4.51. The van der Waals surface area contributed by atoms with Crippen molar-refractivity contribution in [2.75, 3.05) is 20.8 Å². The molecule has 6 heteroatoms. The van der Waals surface area contributed by atoms with Gasteiger partial charge in [0.1, 0.15) is 11.5 Å². The van der Waals surface area contributed by atoms with Crippen LogP contribution >= 0.6 is 0 Å². The molecular weight excluding hydrogens is 304 g/mol. The first-order valence-corrected chi connectivity index (χ1v) is 8.18. The van der Waals surface area contributed by atoms with Gasteiger partial charge < -0.3 is 15.2 Å². The number of benzene rings is 1. The molecule has 1 aromatic heterocycles. The van der Waals surface area contributed by atoms with Crippen LogP contribution in [0.2, 0.25) is 0 Å². The lowest BCUT2D eigenvalue weighted by Gasteiger charge is -2.24. The van der Waals surface area contributed by atoms with E-state index < -0.39 is 0 Å². The number of aryl methyl sites for hydroxylation is 2. The second-order valence-corrected chi connectivity index (χ2v) is 6.33. The number of hydrogen-bond donors (Lipinski definition) is 1. The van der Waals surface area contributed by atoms with Crippen LogP contribution in [0.15, 0.2) is 12.1 Å². The topological polar surface area (TPSA) is 65.5 Å². The average molecular weight is 330 g/mol. The third kappa shape index (κ3) is 2.65. The summed E-state index contributed by atoms with van der Waals surface area (Å²) in [6.07, 6.45) is 0. The zero-order chi connectivity index (χ0) is 17.4. The molecule has 0 fully saturated rings. The van der Waals surface area contributed by atoms with E-state index in [0.717, 1.165) is 30.3 Å². The molecule has 0 saturated carbocycles. The zero-order valence-electron chi connectivity index (χ0n) is 15.1. The molecule has 6 nitrogen and oxygen atoms in total. The highest BCUT2D eigenvalue weighted by atomic mass is 16.5. The SMILES string of the molecule is COc1cc2c(c(OC)c1)C(CN)N(Cc1c(C)nn(C)c1C)C2. The van der Waals surface area contributed by atoms with Crippen LogP contribution in [0, 0.1) is 13.8 Å². The molecule has 1 aliphatic heterocycles. The lowest BCUT2D eigenvalue weighted by Crippen LogP contribution is -2.28. The van der Waals surface area contributed by atoms with Gasteiger partial charge in [-0.3, -0.25) is 9.58 Å². The minimum atomic E-state index is 0.139. The smallest absolute Gasteiger partial charge is 0.127 e. The van der Waals surface area contributed by atoms with Gasteiger partial charge in [-0.05, 0) is 25.5 Å². The summed E-state index contributed by atoms with van der Waals surface area (Å²) in [5.41, 5.74) is 12.1. The van der Waals surface area contributed by atoms with Gasteiger partial charge in [-0.2, -0.15) is 5.10 Å². The Hall–Kier alpha value is -2.05. The third-order valence-corrected chi connectivity index (χ3v) is 5.05. The molecule has 2 heterocycles. The first-order chi connectivity index (χ1) is 11.5. The molecule has 1 unspecified atom stereocenters. The summed E-state index contributed by atoms with van der Waals surface area (Å²) in [6, 6.07) is 4.16. The number of ether oxygens (including phenoxy) is 2. The Morgan fingerprint density at radius 3 is 2.54 bits per heavy atom. The number of aromatic nitrogens is 2. The van der Waals surface area contributed by atoms with Gasteiger partial charge in [-0.25, -0.2) is 0 Å². The molecule has 1 aromatic carbocycles. The largest absolute Gasteiger partial charge is 0.497 e. The molecule has 0 amide bonds. The molecule has 0 radical (unpaired) electrons. The van der Waals surface area contributed by atoms with Crippen LogP contribution in [0.25, 0.3) is 0 Å². The highest BCUT2D eigenvalue weighted by Crippen LogP contribution is 2.42. The molecule has 0 saturated heterocycles. The Morgan fingerprint density at radius 1 is 1.25 bits per heavy atom. The van der Waals surface area contributed by atoms with Crippen LogP contribution < -0.4 is 15.2 Å². The average Bonchev–Trinajstić information content (AvgIpc) is 3.05. The zero-order valence-corrected chi connectivity index (χ0v) is 15.1. The molecule has 1 aliphatic rings. The van der Waals surface area contributed by atoms with Crippen LogP contribution in [0.5, 0.6) is 11.5 Å².